The van der Waals surface area contributed by atoms with Crippen LogP contribution in [0.3, 0.4) is 0 Å². The molecule has 0 aromatic rings. The van der Waals surface area contributed by atoms with Crippen LogP contribution in [-0.4, -0.2) is 73.3 Å². The van der Waals surface area contributed by atoms with E-state index in [-0.39, 0.29) is 36.2 Å². The van der Waals surface area contributed by atoms with Crippen LogP contribution in [0.4, 0.5) is 4.79 Å². The molecule has 0 spiro atoms. The van der Waals surface area contributed by atoms with E-state index in [4.69, 9.17) is 9.31 Å². The number of likely N-dealkylation sites (tertiary alicyclic amines) is 1. The number of hydrogen-bond acceptors (Lipinski definition) is 4. The van der Waals surface area contributed by atoms with Crippen LogP contribution in [-0.2, 0) is 14.1 Å². The van der Waals surface area contributed by atoms with Gasteiger partial charge in [-0.15, -0.1) is 0 Å². The average Bonchev–Trinajstić information content (AvgIpc) is 3.17. The predicted octanol–water partition coefficient (Wildman–Crippen LogP) is 1.44. The standard InChI is InChI=1S/C18H30BN3O4/c1-17(2)18(3,4)26-19(25-17)14-7-10-21(11-8-14)16(24)22-9-6-13(12-22)15(23)20-5/h7,13H,6,8-12H2,1-5H3,(H,20,23). The highest BCUT2D eigenvalue weighted by molar-refractivity contribution is 6.54. The number of nitrogens with one attached hydrogen (secondary N) is 1. The maximum Gasteiger partial charge on any atom is 0.490 e. The molecule has 0 saturated carbocycles. The molecule has 144 valence electrons. The van der Waals surface area contributed by atoms with Gasteiger partial charge in [0.25, 0.3) is 0 Å². The van der Waals surface area contributed by atoms with Crippen molar-refractivity contribution in [2.75, 3.05) is 33.2 Å². The third kappa shape index (κ3) is 3.49. The molecule has 1 atom stereocenters. The minimum absolute atomic E-state index is 0.0145. The first-order chi connectivity index (χ1) is 12.1. The van der Waals surface area contributed by atoms with Crippen LogP contribution in [0.15, 0.2) is 11.5 Å². The van der Waals surface area contributed by atoms with Gasteiger partial charge in [0.2, 0.25) is 5.91 Å². The Balaban J connectivity index is 1.57. The van der Waals surface area contributed by atoms with Gasteiger partial charge in [-0.05, 0) is 46.0 Å². The van der Waals surface area contributed by atoms with Crippen LogP contribution < -0.4 is 5.32 Å². The highest BCUT2D eigenvalue weighted by atomic mass is 16.7. The molecule has 7 nitrogen and oxygen atoms in total. The van der Waals surface area contributed by atoms with Crippen molar-refractivity contribution in [3.63, 3.8) is 0 Å². The summed E-state index contributed by atoms with van der Waals surface area (Å²) in [6.07, 6.45) is 3.53. The third-order valence-corrected chi connectivity index (χ3v) is 6.15. The Morgan fingerprint density at radius 2 is 1.81 bits per heavy atom. The number of nitrogens with zero attached hydrogens (tertiary/aromatic N) is 2. The fourth-order valence-electron chi connectivity index (χ4n) is 3.62. The van der Waals surface area contributed by atoms with Gasteiger partial charge in [0.05, 0.1) is 17.1 Å². The molecule has 1 N–H and O–H groups in total. The van der Waals surface area contributed by atoms with Crippen LogP contribution in [0.5, 0.6) is 0 Å². The summed E-state index contributed by atoms with van der Waals surface area (Å²) in [7, 11) is 1.31. The number of amides is 3. The van der Waals surface area contributed by atoms with E-state index in [2.05, 4.69) is 11.4 Å². The van der Waals surface area contributed by atoms with Crippen LogP contribution in [0.2, 0.25) is 0 Å². The summed E-state index contributed by atoms with van der Waals surface area (Å²) in [5, 5.41) is 2.67. The lowest BCUT2D eigenvalue weighted by Crippen LogP contribution is -2.45. The highest BCUT2D eigenvalue weighted by Crippen LogP contribution is 2.39. The molecule has 0 aromatic heterocycles. The van der Waals surface area contributed by atoms with Crippen molar-refractivity contribution >= 4 is 19.1 Å². The molecule has 1 unspecified atom stereocenters. The molecule has 3 rings (SSSR count). The lowest BCUT2D eigenvalue weighted by Gasteiger charge is -2.32. The van der Waals surface area contributed by atoms with E-state index in [1.807, 2.05) is 32.6 Å². The fraction of sp³-hybridized carbons (Fsp3) is 0.778. The molecule has 2 saturated heterocycles. The van der Waals surface area contributed by atoms with E-state index >= 15 is 0 Å². The molecule has 2 fully saturated rings. The summed E-state index contributed by atoms with van der Waals surface area (Å²) in [4.78, 5) is 28.1. The van der Waals surface area contributed by atoms with Gasteiger partial charge in [-0.3, -0.25) is 4.79 Å². The van der Waals surface area contributed by atoms with Crippen molar-refractivity contribution in [1.82, 2.24) is 15.1 Å². The molecule has 26 heavy (non-hydrogen) atoms. The van der Waals surface area contributed by atoms with Crippen LogP contribution in [0, 0.1) is 5.92 Å². The first kappa shape index (κ1) is 19.2. The first-order valence-electron chi connectivity index (χ1n) is 9.44. The zero-order valence-corrected chi connectivity index (χ0v) is 16.5. The molecule has 3 aliphatic heterocycles. The fourth-order valence-corrected chi connectivity index (χ4v) is 3.62. The second kappa shape index (κ2) is 6.89. The summed E-state index contributed by atoms with van der Waals surface area (Å²) >= 11 is 0. The molecule has 0 aliphatic carbocycles. The first-order valence-corrected chi connectivity index (χ1v) is 9.44. The molecular weight excluding hydrogens is 333 g/mol. The Kier molecular flexibility index (Phi) is 5.09. The second-order valence-corrected chi connectivity index (χ2v) is 8.39. The third-order valence-electron chi connectivity index (χ3n) is 6.15. The van der Waals surface area contributed by atoms with Crippen molar-refractivity contribution in [3.8, 4) is 0 Å². The van der Waals surface area contributed by atoms with Crippen molar-refractivity contribution < 1.29 is 18.9 Å². The summed E-state index contributed by atoms with van der Waals surface area (Å²) in [6.45, 7) is 10.5. The maximum absolute atomic E-state index is 12.7. The van der Waals surface area contributed by atoms with Crippen molar-refractivity contribution in [1.29, 1.82) is 0 Å². The van der Waals surface area contributed by atoms with E-state index < -0.39 is 0 Å². The predicted molar refractivity (Wildman–Crippen MR) is 99.5 cm³/mol. The second-order valence-electron chi connectivity index (χ2n) is 8.39. The Morgan fingerprint density at radius 3 is 2.35 bits per heavy atom. The van der Waals surface area contributed by atoms with Gasteiger partial charge in [0, 0.05) is 33.2 Å². The molecule has 8 heteroatoms. The van der Waals surface area contributed by atoms with Gasteiger partial charge in [-0.2, -0.15) is 0 Å². The van der Waals surface area contributed by atoms with Crippen molar-refractivity contribution in [2.45, 2.75) is 51.7 Å². The lowest BCUT2D eigenvalue weighted by molar-refractivity contribution is -0.124. The van der Waals surface area contributed by atoms with Gasteiger partial charge in [0.1, 0.15) is 0 Å². The minimum Gasteiger partial charge on any atom is -0.400 e. The van der Waals surface area contributed by atoms with E-state index in [9.17, 15) is 9.59 Å². The quantitative estimate of drug-likeness (QED) is 0.754. The molecule has 0 bridgehead atoms. The number of urea groups is 1. The Hall–Kier alpha value is -1.54. The molecule has 3 amide bonds. The van der Waals surface area contributed by atoms with Gasteiger partial charge in [-0.25, -0.2) is 4.79 Å². The van der Waals surface area contributed by atoms with Gasteiger partial charge < -0.3 is 24.4 Å². The number of carbonyl (C=O) groups is 2. The van der Waals surface area contributed by atoms with E-state index in [1.54, 1.807) is 11.9 Å². The highest BCUT2D eigenvalue weighted by Gasteiger charge is 2.52. The average molecular weight is 363 g/mol. The number of carbonyl (C=O) groups excluding carboxylic acids is 2. The van der Waals surface area contributed by atoms with E-state index in [0.717, 1.165) is 18.3 Å². The van der Waals surface area contributed by atoms with Crippen LogP contribution in [0.1, 0.15) is 40.5 Å². The molecular formula is C18H30BN3O4. The monoisotopic (exact) mass is 363 g/mol. The Labute approximate surface area is 156 Å². The zero-order chi connectivity index (χ0) is 19.1. The molecule has 3 aliphatic rings. The molecule has 0 aromatic carbocycles. The molecule has 0 radical (unpaired) electrons. The largest absolute Gasteiger partial charge is 0.490 e. The maximum atomic E-state index is 12.7. The minimum atomic E-state index is -0.351. The topological polar surface area (TPSA) is 71.1 Å². The zero-order valence-electron chi connectivity index (χ0n) is 16.5. The summed E-state index contributed by atoms with van der Waals surface area (Å²) in [6, 6.07) is 0.0145. The van der Waals surface area contributed by atoms with Crippen molar-refractivity contribution in [3.05, 3.63) is 11.5 Å². The normalized spacial score (nSPS) is 27.5. The van der Waals surface area contributed by atoms with Gasteiger partial charge in [-0.1, -0.05) is 6.08 Å². The summed E-state index contributed by atoms with van der Waals surface area (Å²) in [5.74, 6) is -0.0773. The van der Waals surface area contributed by atoms with Crippen LogP contribution in [0.25, 0.3) is 0 Å². The summed E-state index contributed by atoms with van der Waals surface area (Å²) in [5.41, 5.74) is 0.406. The van der Waals surface area contributed by atoms with E-state index in [0.29, 0.717) is 26.2 Å². The Morgan fingerprint density at radius 1 is 1.15 bits per heavy atom. The number of hydrogen-bond donors (Lipinski definition) is 1. The smallest absolute Gasteiger partial charge is 0.400 e. The van der Waals surface area contributed by atoms with Gasteiger partial charge in [0.15, 0.2) is 0 Å². The van der Waals surface area contributed by atoms with Crippen LogP contribution >= 0.6 is 0 Å². The lowest BCUT2D eigenvalue weighted by atomic mass is 9.75. The molecule has 3 heterocycles. The van der Waals surface area contributed by atoms with E-state index in [1.165, 1.54) is 0 Å². The number of rotatable bonds is 2. The summed E-state index contributed by atoms with van der Waals surface area (Å²) < 4.78 is 12.2. The Bertz CT molecular complexity index is 604. The van der Waals surface area contributed by atoms with Crippen molar-refractivity contribution in [2.24, 2.45) is 5.92 Å². The SMILES string of the molecule is CNC(=O)C1CCN(C(=O)N2CC=C(B3OC(C)(C)C(C)(C)O3)CC2)C1. The van der Waals surface area contributed by atoms with Gasteiger partial charge >= 0.3 is 13.1 Å².